The Hall–Kier alpha value is -0.630. The molecule has 0 heterocycles. The van der Waals surface area contributed by atoms with Crippen LogP contribution in [0.15, 0.2) is 24.3 Å². The van der Waals surface area contributed by atoms with E-state index in [9.17, 15) is 0 Å². The summed E-state index contributed by atoms with van der Waals surface area (Å²) >= 11 is 4.02. The molecule has 0 spiro atoms. The van der Waals surface area contributed by atoms with E-state index in [1.807, 2.05) is 24.3 Å². The lowest BCUT2D eigenvalue weighted by Crippen LogP contribution is -1.97. The lowest BCUT2D eigenvalue weighted by molar-refractivity contribution is 0.344. The second kappa shape index (κ2) is 4.23. The summed E-state index contributed by atoms with van der Waals surface area (Å²) in [6.07, 6.45) is 0. The van der Waals surface area contributed by atoms with Crippen molar-refractivity contribution >= 4 is 12.6 Å². The van der Waals surface area contributed by atoms with Crippen molar-refractivity contribution in [2.45, 2.75) is 0 Å². The van der Waals surface area contributed by atoms with Crippen molar-refractivity contribution in [2.75, 3.05) is 12.4 Å². The van der Waals surface area contributed by atoms with Crippen LogP contribution >= 0.6 is 12.6 Å². The molecule has 0 saturated carbocycles. The molecule has 0 aromatic heterocycles. The van der Waals surface area contributed by atoms with Crippen molar-refractivity contribution in [1.82, 2.24) is 0 Å². The van der Waals surface area contributed by atoms with Crippen LogP contribution in [0.3, 0.4) is 0 Å². The number of rotatable bonds is 3. The molecule has 0 unspecified atom stereocenters. The third kappa shape index (κ3) is 2.31. The highest BCUT2D eigenvalue weighted by Crippen LogP contribution is 2.07. The molecular formula is C8H9OS. The van der Waals surface area contributed by atoms with E-state index in [0.29, 0.717) is 6.61 Å². The Labute approximate surface area is 66.4 Å². The SMILES string of the molecule is SCCOc1cc[c]cc1. The van der Waals surface area contributed by atoms with Gasteiger partial charge in [-0.1, -0.05) is 12.1 Å². The molecule has 10 heavy (non-hydrogen) atoms. The number of hydrogen-bond donors (Lipinski definition) is 1. The molecule has 0 N–H and O–H groups in total. The molecule has 0 saturated heterocycles. The monoisotopic (exact) mass is 153 g/mol. The Balaban J connectivity index is 2.43. The van der Waals surface area contributed by atoms with Gasteiger partial charge < -0.3 is 4.74 Å². The summed E-state index contributed by atoms with van der Waals surface area (Å²) < 4.78 is 5.26. The molecule has 1 aromatic carbocycles. The van der Waals surface area contributed by atoms with Crippen molar-refractivity contribution in [2.24, 2.45) is 0 Å². The third-order valence-electron chi connectivity index (χ3n) is 1.05. The highest BCUT2D eigenvalue weighted by atomic mass is 32.1. The Morgan fingerprint density at radius 2 is 2.10 bits per heavy atom. The van der Waals surface area contributed by atoms with Crippen molar-refractivity contribution in [1.29, 1.82) is 0 Å². The van der Waals surface area contributed by atoms with Gasteiger partial charge in [0.2, 0.25) is 0 Å². The second-order valence-corrected chi connectivity index (χ2v) is 2.25. The predicted molar refractivity (Wildman–Crippen MR) is 44.6 cm³/mol. The minimum absolute atomic E-state index is 0.660. The van der Waals surface area contributed by atoms with Crippen LogP contribution in [0, 0.1) is 6.07 Å². The van der Waals surface area contributed by atoms with Gasteiger partial charge >= 0.3 is 0 Å². The van der Waals surface area contributed by atoms with Gasteiger partial charge in [-0.25, -0.2) is 0 Å². The van der Waals surface area contributed by atoms with Gasteiger partial charge in [0, 0.05) is 5.75 Å². The zero-order valence-electron chi connectivity index (χ0n) is 5.58. The first-order valence-corrected chi connectivity index (χ1v) is 3.76. The Bertz CT molecular complexity index is 174. The molecular weight excluding hydrogens is 144 g/mol. The van der Waals surface area contributed by atoms with E-state index < -0.39 is 0 Å². The summed E-state index contributed by atoms with van der Waals surface area (Å²) in [5.41, 5.74) is 0. The normalized spacial score (nSPS) is 9.30. The van der Waals surface area contributed by atoms with Gasteiger partial charge in [0.05, 0.1) is 6.61 Å². The average molecular weight is 153 g/mol. The van der Waals surface area contributed by atoms with Crippen molar-refractivity contribution in [3.05, 3.63) is 30.3 Å². The largest absolute Gasteiger partial charge is 0.493 e. The Morgan fingerprint density at radius 3 is 2.70 bits per heavy atom. The Kier molecular flexibility index (Phi) is 3.16. The summed E-state index contributed by atoms with van der Waals surface area (Å²) in [6.45, 7) is 0.660. The van der Waals surface area contributed by atoms with Gasteiger partial charge in [0.1, 0.15) is 5.75 Å². The Morgan fingerprint density at radius 1 is 1.40 bits per heavy atom. The van der Waals surface area contributed by atoms with E-state index >= 15 is 0 Å². The first-order valence-electron chi connectivity index (χ1n) is 3.13. The smallest absolute Gasteiger partial charge is 0.119 e. The van der Waals surface area contributed by atoms with Crippen molar-refractivity contribution < 1.29 is 4.74 Å². The van der Waals surface area contributed by atoms with Crippen LogP contribution in [-0.4, -0.2) is 12.4 Å². The minimum Gasteiger partial charge on any atom is -0.493 e. The van der Waals surface area contributed by atoms with Crippen LogP contribution in [0.25, 0.3) is 0 Å². The molecule has 1 nitrogen and oxygen atoms in total. The summed E-state index contributed by atoms with van der Waals surface area (Å²) in [5, 5.41) is 0. The molecule has 0 bridgehead atoms. The minimum atomic E-state index is 0.660. The van der Waals surface area contributed by atoms with Gasteiger partial charge in [-0.05, 0) is 18.2 Å². The summed E-state index contributed by atoms with van der Waals surface area (Å²) in [6, 6.07) is 10.3. The quantitative estimate of drug-likeness (QED) is 0.651. The maximum Gasteiger partial charge on any atom is 0.119 e. The van der Waals surface area contributed by atoms with Gasteiger partial charge in [-0.15, -0.1) is 0 Å². The predicted octanol–water partition coefficient (Wildman–Crippen LogP) is 1.80. The fourth-order valence-electron chi connectivity index (χ4n) is 0.631. The van der Waals surface area contributed by atoms with Crippen LogP contribution in [0.1, 0.15) is 0 Å². The number of thiol groups is 1. The fourth-order valence-corrected chi connectivity index (χ4v) is 0.723. The molecule has 0 atom stereocenters. The summed E-state index contributed by atoms with van der Waals surface area (Å²) in [5.74, 6) is 1.63. The van der Waals surface area contributed by atoms with E-state index in [1.165, 1.54) is 0 Å². The van der Waals surface area contributed by atoms with E-state index in [1.54, 1.807) is 0 Å². The summed E-state index contributed by atoms with van der Waals surface area (Å²) in [7, 11) is 0. The van der Waals surface area contributed by atoms with Crippen LogP contribution in [-0.2, 0) is 0 Å². The molecule has 53 valence electrons. The molecule has 0 aliphatic rings. The van der Waals surface area contributed by atoms with Gasteiger partial charge in [-0.2, -0.15) is 12.6 Å². The standard InChI is InChI=1S/C8H9OS/c10-7-6-9-8-4-2-1-3-5-8/h2-5,10H,6-7H2. The van der Waals surface area contributed by atoms with Gasteiger partial charge in [0.15, 0.2) is 0 Å². The van der Waals surface area contributed by atoms with Crippen LogP contribution < -0.4 is 4.74 Å². The molecule has 2 heteroatoms. The fraction of sp³-hybridized carbons (Fsp3) is 0.250. The second-order valence-electron chi connectivity index (χ2n) is 1.81. The summed E-state index contributed by atoms with van der Waals surface area (Å²) in [4.78, 5) is 0. The zero-order chi connectivity index (χ0) is 7.23. The van der Waals surface area contributed by atoms with Gasteiger partial charge in [-0.3, -0.25) is 0 Å². The van der Waals surface area contributed by atoms with E-state index in [0.717, 1.165) is 11.5 Å². The lowest BCUT2D eigenvalue weighted by atomic mass is 10.3. The van der Waals surface area contributed by atoms with E-state index in [-0.39, 0.29) is 0 Å². The molecule has 1 aromatic rings. The highest BCUT2D eigenvalue weighted by Gasteiger charge is 1.86. The van der Waals surface area contributed by atoms with E-state index in [2.05, 4.69) is 18.7 Å². The third-order valence-corrected chi connectivity index (χ3v) is 1.23. The molecule has 0 aliphatic heterocycles. The topological polar surface area (TPSA) is 9.23 Å². The van der Waals surface area contributed by atoms with Crippen LogP contribution in [0.4, 0.5) is 0 Å². The average Bonchev–Trinajstić information content (AvgIpc) is 2.03. The molecule has 0 amide bonds. The van der Waals surface area contributed by atoms with Crippen LogP contribution in [0.5, 0.6) is 5.75 Å². The maximum absolute atomic E-state index is 5.26. The number of benzene rings is 1. The first kappa shape index (κ1) is 7.48. The van der Waals surface area contributed by atoms with Crippen LogP contribution in [0.2, 0.25) is 0 Å². The number of ether oxygens (including phenoxy) is 1. The molecule has 1 rings (SSSR count). The van der Waals surface area contributed by atoms with E-state index in [4.69, 9.17) is 4.74 Å². The van der Waals surface area contributed by atoms with Crippen molar-refractivity contribution in [3.63, 3.8) is 0 Å². The zero-order valence-corrected chi connectivity index (χ0v) is 6.47. The lowest BCUT2D eigenvalue weighted by Gasteiger charge is -2.01. The van der Waals surface area contributed by atoms with Gasteiger partial charge in [0.25, 0.3) is 0 Å². The molecule has 0 fully saturated rings. The van der Waals surface area contributed by atoms with Crippen molar-refractivity contribution in [3.8, 4) is 5.75 Å². The number of hydrogen-bond acceptors (Lipinski definition) is 2. The first-order chi connectivity index (χ1) is 4.93. The molecule has 0 aliphatic carbocycles. The molecule has 1 radical (unpaired) electrons. The maximum atomic E-state index is 5.26. The highest BCUT2D eigenvalue weighted by molar-refractivity contribution is 7.80.